The van der Waals surface area contributed by atoms with Crippen molar-refractivity contribution in [2.75, 3.05) is 51.7 Å². The number of ether oxygens (including phenoxy) is 1. The maximum Gasteiger partial charge on any atom is 0.191 e. The molecule has 0 amide bonds. The molecule has 6 nitrogen and oxygen atoms in total. The van der Waals surface area contributed by atoms with E-state index in [4.69, 9.17) is 9.73 Å². The first-order valence-electron chi connectivity index (χ1n) is 10.3. The van der Waals surface area contributed by atoms with E-state index in [9.17, 15) is 4.21 Å². The number of halogens is 1. The number of aliphatic imine (C=N–C) groups is 1. The Hall–Kier alpha value is -0.710. The van der Waals surface area contributed by atoms with Gasteiger partial charge in [-0.1, -0.05) is 44.2 Å². The van der Waals surface area contributed by atoms with Crippen LogP contribution in [-0.2, 0) is 21.3 Å². The maximum absolute atomic E-state index is 12.3. The van der Waals surface area contributed by atoms with Crippen LogP contribution in [-0.4, -0.2) is 72.8 Å². The number of nitrogens with one attached hydrogen (secondary N) is 2. The van der Waals surface area contributed by atoms with Gasteiger partial charge in [0.05, 0.1) is 19.8 Å². The molecule has 0 spiro atoms. The van der Waals surface area contributed by atoms with Gasteiger partial charge >= 0.3 is 0 Å². The van der Waals surface area contributed by atoms with E-state index in [1.165, 1.54) is 0 Å². The van der Waals surface area contributed by atoms with Gasteiger partial charge in [-0.05, 0) is 18.4 Å². The van der Waals surface area contributed by atoms with E-state index in [-0.39, 0.29) is 24.0 Å². The molecule has 1 saturated heterocycles. The Morgan fingerprint density at radius 2 is 1.90 bits per heavy atom. The molecule has 1 aromatic carbocycles. The van der Waals surface area contributed by atoms with Gasteiger partial charge < -0.3 is 15.4 Å². The lowest BCUT2D eigenvalue weighted by atomic mass is 10.0. The predicted molar refractivity (Wildman–Crippen MR) is 134 cm³/mol. The van der Waals surface area contributed by atoms with Gasteiger partial charge in [0.25, 0.3) is 0 Å². The summed E-state index contributed by atoms with van der Waals surface area (Å²) < 4.78 is 17.8. The van der Waals surface area contributed by atoms with Crippen molar-refractivity contribution in [3.63, 3.8) is 0 Å². The highest BCUT2D eigenvalue weighted by atomic mass is 127. The maximum atomic E-state index is 12.3. The fourth-order valence-corrected chi connectivity index (χ4v) is 4.34. The van der Waals surface area contributed by atoms with E-state index in [0.29, 0.717) is 30.0 Å². The first-order chi connectivity index (χ1) is 13.6. The van der Waals surface area contributed by atoms with Crippen LogP contribution in [0.2, 0.25) is 0 Å². The third kappa shape index (κ3) is 10.2. The van der Waals surface area contributed by atoms with Crippen molar-refractivity contribution >= 4 is 40.7 Å². The van der Waals surface area contributed by atoms with Gasteiger partial charge in [0.2, 0.25) is 0 Å². The largest absolute Gasteiger partial charge is 0.379 e. The molecular formula is C21H37IN4O2S. The number of rotatable bonds is 10. The quantitative estimate of drug-likeness (QED) is 0.273. The molecule has 8 heteroatoms. The molecule has 1 aliphatic heterocycles. The Morgan fingerprint density at radius 3 is 2.52 bits per heavy atom. The molecule has 1 fully saturated rings. The Morgan fingerprint density at radius 1 is 1.21 bits per heavy atom. The number of morpholine rings is 1. The van der Waals surface area contributed by atoms with Gasteiger partial charge in [0.15, 0.2) is 5.96 Å². The summed E-state index contributed by atoms with van der Waals surface area (Å²) in [6, 6.07) is 10.4. The lowest BCUT2D eigenvalue weighted by Crippen LogP contribution is -2.48. The Kier molecular flexibility index (Phi) is 13.7. The summed E-state index contributed by atoms with van der Waals surface area (Å²) in [5.41, 5.74) is 1.12. The van der Waals surface area contributed by atoms with Gasteiger partial charge in [-0.3, -0.25) is 14.1 Å². The SMILES string of the molecule is CCNC(=NCC(C(C)C)N1CCOCC1)NCCS(=O)Cc1ccccc1.I. The fraction of sp³-hybridized carbons (Fsp3) is 0.667. The van der Waals surface area contributed by atoms with Gasteiger partial charge in [0, 0.05) is 54.5 Å². The van der Waals surface area contributed by atoms with E-state index in [1.807, 2.05) is 30.3 Å². The summed E-state index contributed by atoms with van der Waals surface area (Å²) >= 11 is 0. The van der Waals surface area contributed by atoms with Crippen molar-refractivity contribution in [1.29, 1.82) is 0 Å². The number of hydrogen-bond donors (Lipinski definition) is 2. The second-order valence-corrected chi connectivity index (χ2v) is 8.96. The first-order valence-corrected chi connectivity index (χ1v) is 11.8. The zero-order chi connectivity index (χ0) is 20.2. The Balaban J connectivity index is 0.00000420. The average Bonchev–Trinajstić information content (AvgIpc) is 2.69. The molecule has 2 N–H and O–H groups in total. The molecule has 2 unspecified atom stereocenters. The molecule has 0 radical (unpaired) electrons. The highest BCUT2D eigenvalue weighted by molar-refractivity contribution is 14.0. The molecule has 166 valence electrons. The molecule has 29 heavy (non-hydrogen) atoms. The number of nitrogens with zero attached hydrogens (tertiary/aromatic N) is 2. The van der Waals surface area contributed by atoms with E-state index in [0.717, 1.165) is 50.9 Å². The third-order valence-electron chi connectivity index (χ3n) is 4.86. The fourth-order valence-electron chi connectivity index (χ4n) is 3.30. The lowest BCUT2D eigenvalue weighted by Gasteiger charge is -2.36. The van der Waals surface area contributed by atoms with E-state index >= 15 is 0 Å². The van der Waals surface area contributed by atoms with Crippen molar-refractivity contribution in [1.82, 2.24) is 15.5 Å². The summed E-state index contributed by atoms with van der Waals surface area (Å²) in [6.45, 7) is 12.3. The molecule has 0 aromatic heterocycles. The molecule has 1 heterocycles. The molecule has 0 aliphatic carbocycles. The van der Waals surface area contributed by atoms with Crippen LogP contribution in [0.5, 0.6) is 0 Å². The van der Waals surface area contributed by atoms with Crippen LogP contribution in [0.4, 0.5) is 0 Å². The first kappa shape index (κ1) is 26.3. The third-order valence-corrected chi connectivity index (χ3v) is 6.17. The topological polar surface area (TPSA) is 66.0 Å². The monoisotopic (exact) mass is 536 g/mol. The smallest absolute Gasteiger partial charge is 0.191 e. The van der Waals surface area contributed by atoms with Crippen LogP contribution in [0.1, 0.15) is 26.3 Å². The normalized spacial score (nSPS) is 17.4. The molecule has 0 bridgehead atoms. The van der Waals surface area contributed by atoms with Gasteiger partial charge in [-0.15, -0.1) is 24.0 Å². The van der Waals surface area contributed by atoms with Crippen molar-refractivity contribution in [2.24, 2.45) is 10.9 Å². The predicted octanol–water partition coefficient (Wildman–Crippen LogP) is 2.47. The average molecular weight is 537 g/mol. The lowest BCUT2D eigenvalue weighted by molar-refractivity contribution is 0.00867. The number of guanidine groups is 1. The van der Waals surface area contributed by atoms with E-state index in [2.05, 4.69) is 36.3 Å². The van der Waals surface area contributed by atoms with E-state index < -0.39 is 10.8 Å². The second kappa shape index (κ2) is 15.1. The second-order valence-electron chi connectivity index (χ2n) is 7.38. The standard InChI is InChI=1S/C21H36N4O2S.HI/c1-4-22-21(23-10-15-28(26)17-19-8-6-5-7-9-19)24-16-20(18(2)3)25-11-13-27-14-12-25;/h5-9,18,20H,4,10-17H2,1-3H3,(H2,22,23,24);1H. The zero-order valence-electron chi connectivity index (χ0n) is 17.9. The summed E-state index contributed by atoms with van der Waals surface area (Å²) in [7, 11) is -0.883. The van der Waals surface area contributed by atoms with E-state index in [1.54, 1.807) is 0 Å². The van der Waals surface area contributed by atoms with Crippen LogP contribution in [0.25, 0.3) is 0 Å². The minimum atomic E-state index is -0.883. The van der Waals surface area contributed by atoms with Crippen LogP contribution in [0.3, 0.4) is 0 Å². The van der Waals surface area contributed by atoms with Crippen molar-refractivity contribution in [2.45, 2.75) is 32.6 Å². The highest BCUT2D eigenvalue weighted by Gasteiger charge is 2.23. The number of hydrogen-bond acceptors (Lipinski definition) is 4. The van der Waals surface area contributed by atoms with Crippen molar-refractivity contribution in [3.8, 4) is 0 Å². The summed E-state index contributed by atoms with van der Waals surface area (Å²) in [4.78, 5) is 7.29. The van der Waals surface area contributed by atoms with Gasteiger partial charge in [0.1, 0.15) is 0 Å². The van der Waals surface area contributed by atoms with Crippen LogP contribution in [0.15, 0.2) is 35.3 Å². The molecule has 2 atom stereocenters. The summed E-state index contributed by atoms with van der Waals surface area (Å²) in [5, 5.41) is 6.64. The number of benzene rings is 1. The zero-order valence-corrected chi connectivity index (χ0v) is 21.1. The van der Waals surface area contributed by atoms with Crippen LogP contribution < -0.4 is 10.6 Å². The minimum Gasteiger partial charge on any atom is -0.379 e. The van der Waals surface area contributed by atoms with Gasteiger partial charge in [-0.25, -0.2) is 0 Å². The highest BCUT2D eigenvalue weighted by Crippen LogP contribution is 2.13. The minimum absolute atomic E-state index is 0. The summed E-state index contributed by atoms with van der Waals surface area (Å²) in [6.07, 6.45) is 0. The molecule has 1 aliphatic rings. The Bertz CT molecular complexity index is 610. The summed E-state index contributed by atoms with van der Waals surface area (Å²) in [5.74, 6) is 2.54. The van der Waals surface area contributed by atoms with Crippen LogP contribution in [0, 0.1) is 5.92 Å². The molecule has 2 rings (SSSR count). The molecule has 0 saturated carbocycles. The van der Waals surface area contributed by atoms with Crippen LogP contribution >= 0.6 is 24.0 Å². The molecular weight excluding hydrogens is 499 g/mol. The van der Waals surface area contributed by atoms with Crippen molar-refractivity contribution in [3.05, 3.63) is 35.9 Å². The van der Waals surface area contributed by atoms with Crippen molar-refractivity contribution < 1.29 is 8.95 Å². The Labute approximate surface area is 195 Å². The van der Waals surface area contributed by atoms with Gasteiger partial charge in [-0.2, -0.15) is 0 Å². The molecule has 1 aromatic rings.